The van der Waals surface area contributed by atoms with Crippen LogP contribution in [0, 0.1) is 25.7 Å². The Morgan fingerprint density at radius 2 is 1.82 bits per heavy atom. The van der Waals surface area contributed by atoms with Gasteiger partial charge in [0.05, 0.1) is 6.26 Å². The molecule has 4 rings (SSSR count). The van der Waals surface area contributed by atoms with Gasteiger partial charge in [-0.1, -0.05) is 41.4 Å². The number of hydrogen-bond donors (Lipinski definition) is 1. The molecule has 1 amide bonds. The minimum Gasteiger partial charge on any atom is -0.464 e. The molecule has 0 fully saturated rings. The van der Waals surface area contributed by atoms with Crippen LogP contribution in [0.5, 0.6) is 0 Å². The summed E-state index contributed by atoms with van der Waals surface area (Å²) in [5.74, 6) is 6.20. The number of aromatic nitrogens is 1. The van der Waals surface area contributed by atoms with Gasteiger partial charge in [0, 0.05) is 10.9 Å². The highest BCUT2D eigenvalue weighted by molar-refractivity contribution is 5.87. The molecule has 4 aromatic rings. The van der Waals surface area contributed by atoms with E-state index in [-0.39, 0.29) is 11.9 Å². The van der Waals surface area contributed by atoms with Crippen molar-refractivity contribution in [3.05, 3.63) is 82.9 Å². The first-order chi connectivity index (χ1) is 15.9. The van der Waals surface area contributed by atoms with Crippen LogP contribution in [-0.2, 0) is 14.3 Å². The predicted molar refractivity (Wildman–Crippen MR) is 118 cm³/mol. The Hall–Kier alpha value is -4.60. The Bertz CT molecular complexity index is 1350. The van der Waals surface area contributed by atoms with E-state index in [4.69, 9.17) is 23.3 Å². The number of nitrogens with one attached hydrogen (secondary N) is 1. The molecular formula is C25H20N2O6. The van der Waals surface area contributed by atoms with E-state index in [9.17, 15) is 4.79 Å². The molecule has 8 nitrogen and oxygen atoms in total. The zero-order chi connectivity index (χ0) is 23.8. The lowest BCUT2D eigenvalue weighted by atomic mass is 10.1. The van der Waals surface area contributed by atoms with Gasteiger partial charge in [0.1, 0.15) is 23.1 Å². The molecule has 0 saturated heterocycles. The van der Waals surface area contributed by atoms with Gasteiger partial charge < -0.3 is 13.7 Å². The second-order valence-corrected chi connectivity index (χ2v) is 7.02. The Labute approximate surface area is 189 Å². The van der Waals surface area contributed by atoms with Crippen LogP contribution < -0.4 is 5.32 Å². The van der Waals surface area contributed by atoms with Gasteiger partial charge in [-0.25, -0.2) is 4.79 Å². The fraction of sp³-hybridized carbons (Fsp3) is 0.160. The van der Waals surface area contributed by atoms with Crippen molar-refractivity contribution in [1.82, 2.24) is 5.16 Å². The maximum absolute atomic E-state index is 12.4. The quantitative estimate of drug-likeness (QED) is 0.434. The van der Waals surface area contributed by atoms with E-state index >= 15 is 0 Å². The lowest BCUT2D eigenvalue weighted by molar-refractivity contribution is -0.191. The van der Waals surface area contributed by atoms with Crippen molar-refractivity contribution in [3.8, 4) is 11.8 Å². The summed E-state index contributed by atoms with van der Waals surface area (Å²) in [6.07, 6.45) is 0.962. The molecule has 1 N–H and O–H groups in total. The highest BCUT2D eigenvalue weighted by Crippen LogP contribution is 2.23. The molecule has 2 heterocycles. The topological polar surface area (TPSA) is 112 Å². The fourth-order valence-electron chi connectivity index (χ4n) is 3.05. The molecule has 166 valence electrons. The van der Waals surface area contributed by atoms with Gasteiger partial charge in [-0.05, 0) is 56.0 Å². The van der Waals surface area contributed by atoms with Crippen LogP contribution in [0.1, 0.15) is 41.2 Å². The molecule has 0 aliphatic carbocycles. The van der Waals surface area contributed by atoms with Crippen molar-refractivity contribution < 1.29 is 28.1 Å². The Morgan fingerprint density at radius 3 is 2.55 bits per heavy atom. The third-order valence-electron chi connectivity index (χ3n) is 4.73. The van der Waals surface area contributed by atoms with Crippen molar-refractivity contribution >= 4 is 28.9 Å². The summed E-state index contributed by atoms with van der Waals surface area (Å²) in [7, 11) is 0. The molecule has 0 saturated carbocycles. The molecule has 33 heavy (non-hydrogen) atoms. The number of aryl methyl sites for hydroxylation is 2. The van der Waals surface area contributed by atoms with Gasteiger partial charge in [0.25, 0.3) is 0 Å². The van der Waals surface area contributed by atoms with E-state index in [1.807, 2.05) is 62.4 Å². The van der Waals surface area contributed by atoms with E-state index in [0.29, 0.717) is 11.4 Å². The first-order valence-corrected chi connectivity index (χ1v) is 9.91. The molecule has 0 bridgehead atoms. The molecule has 2 aromatic carbocycles. The lowest BCUT2D eigenvalue weighted by Gasteiger charge is -2.13. The van der Waals surface area contributed by atoms with Gasteiger partial charge >= 0.3 is 12.2 Å². The number of rotatable bonds is 3. The molecule has 0 radical (unpaired) electrons. The second kappa shape index (κ2) is 10.6. The zero-order valence-corrected chi connectivity index (χ0v) is 18.2. The van der Waals surface area contributed by atoms with Crippen LogP contribution in [-0.4, -0.2) is 17.4 Å². The predicted octanol–water partition coefficient (Wildman–Crippen LogP) is 5.16. The number of amides is 1. The van der Waals surface area contributed by atoms with E-state index < -0.39 is 12.2 Å². The monoisotopic (exact) mass is 444 g/mol. The van der Waals surface area contributed by atoms with Crippen LogP contribution >= 0.6 is 0 Å². The van der Waals surface area contributed by atoms with Gasteiger partial charge in [-0.15, -0.1) is 0 Å². The third kappa shape index (κ3) is 5.76. The van der Waals surface area contributed by atoms with Crippen LogP contribution in [0.4, 0.5) is 10.5 Å². The van der Waals surface area contributed by atoms with E-state index in [0.717, 1.165) is 27.7 Å². The number of hydrogen-bond acceptors (Lipinski definition) is 7. The largest absolute Gasteiger partial charge is 0.464 e. The Morgan fingerprint density at radius 1 is 1.09 bits per heavy atom. The second-order valence-electron chi connectivity index (χ2n) is 7.02. The van der Waals surface area contributed by atoms with Crippen LogP contribution in [0.2, 0.25) is 0 Å². The number of carbonyl (C=O) groups excluding carboxylic acids is 3. The van der Waals surface area contributed by atoms with Gasteiger partial charge in [0.15, 0.2) is 0 Å². The van der Waals surface area contributed by atoms with Crippen molar-refractivity contribution in [2.45, 2.75) is 26.9 Å². The minimum absolute atomic E-state index is 0.250. The summed E-state index contributed by atoms with van der Waals surface area (Å²) >= 11 is 0. The summed E-state index contributed by atoms with van der Waals surface area (Å²) in [5.41, 5.74) is 4.41. The maximum Gasteiger partial charge on any atom is 0.412 e. The van der Waals surface area contributed by atoms with Crippen molar-refractivity contribution in [2.24, 2.45) is 0 Å². The van der Waals surface area contributed by atoms with Gasteiger partial charge in [-0.3, -0.25) is 5.32 Å². The van der Waals surface area contributed by atoms with E-state index in [1.165, 1.54) is 0 Å². The fourth-order valence-corrected chi connectivity index (χ4v) is 3.05. The molecule has 8 heteroatoms. The SMILES string of the molecule is Cc1noc(C#Cc2ccc3c(C)coc3c2)c1NC(=O)OC(C)c1ccccc1.O=C=O. The molecular weight excluding hydrogens is 424 g/mol. The molecule has 2 aromatic heterocycles. The summed E-state index contributed by atoms with van der Waals surface area (Å²) in [6, 6.07) is 15.2. The molecule has 1 atom stereocenters. The average molecular weight is 444 g/mol. The number of nitrogens with zero attached hydrogens (tertiary/aromatic N) is 1. The highest BCUT2D eigenvalue weighted by atomic mass is 16.6. The van der Waals surface area contributed by atoms with Crippen molar-refractivity contribution in [2.75, 3.05) is 5.32 Å². The van der Waals surface area contributed by atoms with Gasteiger partial charge in [0.2, 0.25) is 5.76 Å². The number of benzene rings is 2. The zero-order valence-electron chi connectivity index (χ0n) is 18.2. The van der Waals surface area contributed by atoms with Crippen molar-refractivity contribution in [1.29, 1.82) is 0 Å². The number of anilines is 1. The number of carbonyl (C=O) groups is 1. The van der Waals surface area contributed by atoms with Crippen LogP contribution in [0.15, 0.2) is 63.7 Å². The van der Waals surface area contributed by atoms with Crippen molar-refractivity contribution in [3.63, 3.8) is 0 Å². The van der Waals surface area contributed by atoms with E-state index in [1.54, 1.807) is 13.2 Å². The van der Waals surface area contributed by atoms with Crippen LogP contribution in [0.25, 0.3) is 11.0 Å². The average Bonchev–Trinajstić information content (AvgIpc) is 3.35. The molecule has 0 spiro atoms. The number of fused-ring (bicyclic) bond motifs is 1. The Kier molecular flexibility index (Phi) is 7.43. The third-order valence-corrected chi connectivity index (χ3v) is 4.73. The first-order valence-electron chi connectivity index (χ1n) is 9.91. The highest BCUT2D eigenvalue weighted by Gasteiger charge is 2.17. The molecule has 0 aliphatic heterocycles. The molecule has 0 aliphatic rings. The number of ether oxygens (including phenoxy) is 1. The standard InChI is InChI=1S/C24H20N2O4.CO2/c1-15-14-28-22-13-18(9-11-20(15)22)10-12-21-23(16(2)26-30-21)25-24(27)29-17(3)19-7-5-4-6-8-19;2-1-3/h4-9,11,13-14,17H,1-3H3,(H,25,27);. The summed E-state index contributed by atoms with van der Waals surface area (Å²) in [4.78, 5) is 28.6. The first kappa shape index (κ1) is 23.1. The van der Waals surface area contributed by atoms with Gasteiger partial charge in [-0.2, -0.15) is 9.59 Å². The van der Waals surface area contributed by atoms with E-state index in [2.05, 4.69) is 22.3 Å². The normalized spacial score (nSPS) is 10.8. The smallest absolute Gasteiger partial charge is 0.412 e. The summed E-state index contributed by atoms with van der Waals surface area (Å²) in [6.45, 7) is 5.52. The Balaban J connectivity index is 0.000000968. The summed E-state index contributed by atoms with van der Waals surface area (Å²) in [5, 5.41) is 7.65. The lowest BCUT2D eigenvalue weighted by Crippen LogP contribution is -2.16. The maximum atomic E-state index is 12.4. The minimum atomic E-state index is -0.604. The summed E-state index contributed by atoms with van der Waals surface area (Å²) < 4.78 is 16.3. The van der Waals surface area contributed by atoms with Crippen LogP contribution in [0.3, 0.4) is 0 Å². The molecule has 1 unspecified atom stereocenters. The number of furan rings is 1.